The Morgan fingerprint density at radius 1 is 1.19 bits per heavy atom. The molecular weight excluding hydrogens is 196 g/mol. The average Bonchev–Trinajstić information content (AvgIpc) is 2.36. The zero-order chi connectivity index (χ0) is 11.8. The second-order valence-electron chi connectivity index (χ2n) is 4.21. The number of nitrogens with zero attached hydrogens (tertiary/aromatic N) is 1. The molecule has 1 unspecified atom stereocenters. The van der Waals surface area contributed by atoms with Crippen LogP contribution in [0.5, 0.6) is 0 Å². The molecule has 2 N–H and O–H groups in total. The van der Waals surface area contributed by atoms with Gasteiger partial charge in [-0.05, 0) is 37.9 Å². The first-order chi connectivity index (χ1) is 7.81. The van der Waals surface area contributed by atoms with Gasteiger partial charge in [-0.25, -0.2) is 0 Å². The number of rotatable bonds is 7. The highest BCUT2D eigenvalue weighted by atomic mass is 15.1. The first-order valence-corrected chi connectivity index (χ1v) is 6.31. The van der Waals surface area contributed by atoms with Crippen LogP contribution in [0.1, 0.15) is 26.7 Å². The maximum atomic E-state index is 5.73. The molecule has 2 heteroatoms. The molecule has 0 amide bonds. The van der Waals surface area contributed by atoms with Gasteiger partial charge in [0, 0.05) is 18.8 Å². The van der Waals surface area contributed by atoms with Crippen LogP contribution in [0.25, 0.3) is 0 Å². The van der Waals surface area contributed by atoms with Gasteiger partial charge in [-0.2, -0.15) is 0 Å². The van der Waals surface area contributed by atoms with Crippen molar-refractivity contribution in [2.24, 2.45) is 11.7 Å². The molecule has 0 aliphatic heterocycles. The highest BCUT2D eigenvalue weighted by molar-refractivity contribution is 5.45. The van der Waals surface area contributed by atoms with E-state index in [2.05, 4.69) is 49.1 Å². The molecular formula is C14H24N2. The molecule has 2 nitrogen and oxygen atoms in total. The van der Waals surface area contributed by atoms with Crippen LogP contribution in [0.15, 0.2) is 30.3 Å². The Hall–Kier alpha value is -1.02. The Labute approximate surface area is 99.5 Å². The van der Waals surface area contributed by atoms with Crippen LogP contribution in [0.3, 0.4) is 0 Å². The van der Waals surface area contributed by atoms with Gasteiger partial charge in [0.15, 0.2) is 0 Å². The second kappa shape index (κ2) is 7.29. The number of para-hydroxylation sites is 1. The standard InChI is InChI=1S/C14H24N2/c1-3-13(12-15)10-11-16(4-2)14-8-6-5-7-9-14/h5-9,13H,3-4,10-12,15H2,1-2H3. The Morgan fingerprint density at radius 2 is 1.88 bits per heavy atom. The van der Waals surface area contributed by atoms with Gasteiger partial charge in [0.05, 0.1) is 0 Å². The van der Waals surface area contributed by atoms with E-state index in [4.69, 9.17) is 5.73 Å². The van der Waals surface area contributed by atoms with Crippen molar-refractivity contribution in [1.29, 1.82) is 0 Å². The van der Waals surface area contributed by atoms with Gasteiger partial charge in [0.25, 0.3) is 0 Å². The van der Waals surface area contributed by atoms with Crippen molar-refractivity contribution in [2.45, 2.75) is 26.7 Å². The fourth-order valence-electron chi connectivity index (χ4n) is 1.94. The number of anilines is 1. The third kappa shape index (κ3) is 3.86. The summed E-state index contributed by atoms with van der Waals surface area (Å²) in [7, 11) is 0. The van der Waals surface area contributed by atoms with E-state index in [1.807, 2.05) is 0 Å². The summed E-state index contributed by atoms with van der Waals surface area (Å²) < 4.78 is 0. The zero-order valence-electron chi connectivity index (χ0n) is 10.5. The number of hydrogen-bond donors (Lipinski definition) is 1. The van der Waals surface area contributed by atoms with Crippen molar-refractivity contribution < 1.29 is 0 Å². The van der Waals surface area contributed by atoms with E-state index in [-0.39, 0.29) is 0 Å². The first kappa shape index (κ1) is 13.0. The molecule has 0 aromatic heterocycles. The van der Waals surface area contributed by atoms with Gasteiger partial charge in [-0.1, -0.05) is 31.5 Å². The molecule has 0 saturated heterocycles. The highest BCUT2D eigenvalue weighted by Gasteiger charge is 2.08. The SMILES string of the molecule is CCC(CN)CCN(CC)c1ccccc1. The summed E-state index contributed by atoms with van der Waals surface area (Å²) in [5.41, 5.74) is 7.05. The third-order valence-electron chi connectivity index (χ3n) is 3.22. The molecule has 0 fully saturated rings. The van der Waals surface area contributed by atoms with Gasteiger partial charge in [-0.15, -0.1) is 0 Å². The molecule has 0 aliphatic rings. The van der Waals surface area contributed by atoms with E-state index >= 15 is 0 Å². The molecule has 0 saturated carbocycles. The lowest BCUT2D eigenvalue weighted by molar-refractivity contribution is 0.480. The lowest BCUT2D eigenvalue weighted by Crippen LogP contribution is -2.27. The van der Waals surface area contributed by atoms with Crippen LogP contribution < -0.4 is 10.6 Å². The van der Waals surface area contributed by atoms with Gasteiger partial charge >= 0.3 is 0 Å². The van der Waals surface area contributed by atoms with Gasteiger partial charge in [0.2, 0.25) is 0 Å². The molecule has 0 radical (unpaired) electrons. The number of benzene rings is 1. The minimum Gasteiger partial charge on any atom is -0.372 e. The van der Waals surface area contributed by atoms with Crippen LogP contribution >= 0.6 is 0 Å². The normalized spacial score (nSPS) is 12.4. The Balaban J connectivity index is 2.50. The molecule has 1 aromatic carbocycles. The predicted octanol–water partition coefficient (Wildman–Crippen LogP) is 2.89. The Kier molecular flexibility index (Phi) is 5.94. The largest absolute Gasteiger partial charge is 0.372 e. The highest BCUT2D eigenvalue weighted by Crippen LogP contribution is 2.15. The summed E-state index contributed by atoms with van der Waals surface area (Å²) in [6.07, 6.45) is 2.37. The van der Waals surface area contributed by atoms with Crippen LogP contribution in [-0.2, 0) is 0 Å². The van der Waals surface area contributed by atoms with E-state index in [1.54, 1.807) is 0 Å². The smallest absolute Gasteiger partial charge is 0.0366 e. The zero-order valence-corrected chi connectivity index (χ0v) is 10.5. The second-order valence-corrected chi connectivity index (χ2v) is 4.21. The minimum atomic E-state index is 0.665. The fourth-order valence-corrected chi connectivity index (χ4v) is 1.94. The van der Waals surface area contributed by atoms with Gasteiger partial charge in [-0.3, -0.25) is 0 Å². The van der Waals surface area contributed by atoms with E-state index in [1.165, 1.54) is 18.5 Å². The van der Waals surface area contributed by atoms with Crippen LogP contribution in [0, 0.1) is 5.92 Å². The third-order valence-corrected chi connectivity index (χ3v) is 3.22. The van der Waals surface area contributed by atoms with Crippen molar-refractivity contribution in [2.75, 3.05) is 24.5 Å². The van der Waals surface area contributed by atoms with E-state index < -0.39 is 0 Å². The minimum absolute atomic E-state index is 0.665. The number of nitrogens with two attached hydrogens (primary N) is 1. The van der Waals surface area contributed by atoms with Gasteiger partial charge < -0.3 is 10.6 Å². The number of hydrogen-bond acceptors (Lipinski definition) is 2. The molecule has 0 spiro atoms. The Bertz CT molecular complexity index is 267. The topological polar surface area (TPSA) is 29.3 Å². The molecule has 1 rings (SSSR count). The maximum absolute atomic E-state index is 5.73. The van der Waals surface area contributed by atoms with Crippen LogP contribution in [-0.4, -0.2) is 19.6 Å². The van der Waals surface area contributed by atoms with Gasteiger partial charge in [0.1, 0.15) is 0 Å². The van der Waals surface area contributed by atoms with Crippen molar-refractivity contribution in [1.82, 2.24) is 0 Å². The lowest BCUT2D eigenvalue weighted by atomic mass is 10.0. The molecule has 1 aromatic rings. The van der Waals surface area contributed by atoms with E-state index in [9.17, 15) is 0 Å². The maximum Gasteiger partial charge on any atom is 0.0366 e. The molecule has 1 atom stereocenters. The van der Waals surface area contributed by atoms with Crippen LogP contribution in [0.2, 0.25) is 0 Å². The van der Waals surface area contributed by atoms with Crippen molar-refractivity contribution in [3.05, 3.63) is 30.3 Å². The quantitative estimate of drug-likeness (QED) is 0.765. The molecule has 0 heterocycles. The summed E-state index contributed by atoms with van der Waals surface area (Å²) in [5.74, 6) is 0.665. The van der Waals surface area contributed by atoms with Crippen molar-refractivity contribution >= 4 is 5.69 Å². The molecule has 0 aliphatic carbocycles. The summed E-state index contributed by atoms with van der Waals surface area (Å²) in [6, 6.07) is 10.6. The fraction of sp³-hybridized carbons (Fsp3) is 0.571. The lowest BCUT2D eigenvalue weighted by Gasteiger charge is -2.25. The molecule has 0 bridgehead atoms. The van der Waals surface area contributed by atoms with E-state index in [0.717, 1.165) is 19.6 Å². The van der Waals surface area contributed by atoms with Crippen LogP contribution in [0.4, 0.5) is 5.69 Å². The summed E-state index contributed by atoms with van der Waals surface area (Å²) >= 11 is 0. The predicted molar refractivity (Wildman–Crippen MR) is 71.8 cm³/mol. The van der Waals surface area contributed by atoms with E-state index in [0.29, 0.717) is 5.92 Å². The first-order valence-electron chi connectivity index (χ1n) is 6.31. The van der Waals surface area contributed by atoms with Crippen molar-refractivity contribution in [3.63, 3.8) is 0 Å². The molecule has 16 heavy (non-hydrogen) atoms. The summed E-state index contributed by atoms with van der Waals surface area (Å²) in [4.78, 5) is 2.42. The Morgan fingerprint density at radius 3 is 2.38 bits per heavy atom. The average molecular weight is 220 g/mol. The monoisotopic (exact) mass is 220 g/mol. The summed E-state index contributed by atoms with van der Waals surface area (Å²) in [5, 5.41) is 0. The summed E-state index contributed by atoms with van der Waals surface area (Å²) in [6.45, 7) is 7.40. The molecule has 90 valence electrons. The van der Waals surface area contributed by atoms with Crippen molar-refractivity contribution in [3.8, 4) is 0 Å².